The molecule has 0 bridgehead atoms. The van der Waals surface area contributed by atoms with Crippen molar-refractivity contribution >= 4 is 25.5 Å². The molecule has 1 aliphatic carbocycles. The summed E-state index contributed by atoms with van der Waals surface area (Å²) in [5.74, 6) is 0. The third kappa shape index (κ3) is 10.1. The van der Waals surface area contributed by atoms with Crippen LogP contribution in [0.3, 0.4) is 0 Å². The topological polar surface area (TPSA) is 68.2 Å². The zero-order valence-electron chi connectivity index (χ0n) is 27.8. The summed E-state index contributed by atoms with van der Waals surface area (Å²) in [6, 6.07) is 57.7. The molecule has 5 nitrogen and oxygen atoms in total. The van der Waals surface area contributed by atoms with Crippen LogP contribution in [0.15, 0.2) is 164 Å². The molecule has 51 heavy (non-hydrogen) atoms. The maximum absolute atomic E-state index is 10.6. The molecule has 2 fully saturated rings. The molecular weight excluding hydrogens is 1080 g/mol. The van der Waals surface area contributed by atoms with E-state index >= 15 is 0 Å². The Bertz CT molecular complexity index is 1850. The van der Waals surface area contributed by atoms with E-state index < -0.39 is 37.6 Å². The van der Waals surface area contributed by atoms with E-state index in [0.29, 0.717) is 0 Å². The quantitative estimate of drug-likeness (QED) is 0.154. The van der Waals surface area contributed by atoms with E-state index in [1.165, 1.54) is 11.1 Å². The van der Waals surface area contributed by atoms with Gasteiger partial charge in [-0.15, -0.1) is 5.56 Å². The molecule has 2 aliphatic rings. The van der Waals surface area contributed by atoms with Gasteiger partial charge in [0.25, 0.3) is 0 Å². The minimum Gasteiger partial charge on any atom is -0.460 e. The molecule has 1 saturated heterocycles. The van der Waals surface area contributed by atoms with Crippen LogP contribution in [0, 0.1) is 74.7 Å². The van der Waals surface area contributed by atoms with Gasteiger partial charge in [0.05, 0.1) is 18.3 Å². The van der Waals surface area contributed by atoms with E-state index in [0.717, 1.165) is 33.2 Å². The summed E-state index contributed by atoms with van der Waals surface area (Å²) >= 11 is 0. The molecule has 249 valence electrons. The summed E-state index contributed by atoms with van der Waals surface area (Å²) in [4.78, 5) is 0. The first-order valence-electron chi connectivity index (χ1n) is 16.5. The Hall–Kier alpha value is -2.65. The Morgan fingerprint density at radius 2 is 0.980 bits per heavy atom. The molecule has 5 atom stereocenters. The average molecular weight is 1120 g/mol. The SMILES string of the molecule is OC1[CH-]C(O[B]c2ccc(-c3ccccc3)cc2)C2OB(c3ccc(-c4ccccc4)cc3)OC2C1O.[U].[U].[c-]1ccc(-c2ccccc2)cc1. The summed E-state index contributed by atoms with van der Waals surface area (Å²) in [7, 11) is 0.993. The zero-order valence-corrected chi connectivity index (χ0v) is 36.2. The fraction of sp³-hybridized carbons (Fsp3) is 0.119. The summed E-state index contributed by atoms with van der Waals surface area (Å²) in [5.41, 5.74) is 8.72. The van der Waals surface area contributed by atoms with E-state index in [-0.39, 0.29) is 62.2 Å². The van der Waals surface area contributed by atoms with Crippen LogP contribution in [0.2, 0.25) is 0 Å². The second-order valence-corrected chi connectivity index (χ2v) is 12.1. The molecule has 1 aliphatic heterocycles. The molecule has 1 radical (unpaired) electrons. The number of aliphatic hydroxyl groups is 2. The molecule has 9 heteroatoms. The smallest absolute Gasteiger partial charge is 0.460 e. The summed E-state index contributed by atoms with van der Waals surface area (Å²) in [6.45, 7) is 0. The van der Waals surface area contributed by atoms with Gasteiger partial charge in [-0.2, -0.15) is 30.3 Å². The maximum atomic E-state index is 10.6. The molecule has 8 rings (SSSR count). The Kier molecular flexibility index (Phi) is 15.1. The molecule has 6 aromatic carbocycles. The Labute approximate surface area is 349 Å². The number of benzene rings is 6. The molecule has 5 unspecified atom stereocenters. The van der Waals surface area contributed by atoms with E-state index in [1.54, 1.807) is 13.9 Å². The van der Waals surface area contributed by atoms with Crippen LogP contribution in [0.4, 0.5) is 0 Å². The van der Waals surface area contributed by atoms with Gasteiger partial charge in [-0.05, 0) is 39.4 Å². The summed E-state index contributed by atoms with van der Waals surface area (Å²) in [6.07, 6.45) is -2.45. The van der Waals surface area contributed by atoms with Crippen LogP contribution in [0.5, 0.6) is 0 Å². The van der Waals surface area contributed by atoms with Crippen LogP contribution in [-0.2, 0) is 14.0 Å². The fourth-order valence-electron chi connectivity index (χ4n) is 6.12. The van der Waals surface area contributed by atoms with Crippen molar-refractivity contribution < 1.29 is 86.4 Å². The molecule has 6 aromatic rings. The standard InChI is InChI=1S/C30H26B2O5.C12H9.2U/c33-26-19-27(35-31-24-15-11-22(12-16-24)20-7-3-1-4-8-20)29-30(28(26)34)37-32(36-29)25-17-13-23(14-18-25)21-9-5-2-6-10-21;1-3-7-11(8-4-1)12-9-5-2-6-10-12;;/h1-19,26-30,33-34H;1,3-10H;;/q2*-1;;. The number of hydrogen-bond donors (Lipinski definition) is 2. The van der Waals surface area contributed by atoms with Crippen LogP contribution >= 0.6 is 0 Å². The first-order chi connectivity index (χ1) is 24.1. The van der Waals surface area contributed by atoms with Gasteiger partial charge >= 0.3 is 14.6 Å². The molecule has 1 heterocycles. The van der Waals surface area contributed by atoms with Crippen LogP contribution in [0.25, 0.3) is 33.4 Å². The first kappa shape index (κ1) is 39.6. The Balaban J connectivity index is 0.000000306. The minimum atomic E-state index is -1.09. The predicted octanol–water partition coefficient (Wildman–Crippen LogP) is 5.92. The van der Waals surface area contributed by atoms with Gasteiger partial charge in [-0.25, -0.2) is 0 Å². The molecule has 2 N–H and O–H groups in total. The van der Waals surface area contributed by atoms with Crippen molar-refractivity contribution in [2.45, 2.75) is 30.5 Å². The monoisotopic (exact) mass is 1120 g/mol. The zero-order chi connectivity index (χ0) is 33.4. The van der Waals surface area contributed by atoms with Crippen molar-refractivity contribution in [1.29, 1.82) is 0 Å². The number of fused-ring (bicyclic) bond motifs is 1. The van der Waals surface area contributed by atoms with Crippen molar-refractivity contribution in [2.24, 2.45) is 0 Å². The second kappa shape index (κ2) is 19.4. The van der Waals surface area contributed by atoms with Gasteiger partial charge in [0.1, 0.15) is 0 Å². The van der Waals surface area contributed by atoms with Gasteiger partial charge < -0.3 is 24.2 Å². The average Bonchev–Trinajstić information content (AvgIpc) is 3.64. The third-order valence-corrected chi connectivity index (χ3v) is 8.78. The van der Waals surface area contributed by atoms with E-state index in [4.69, 9.17) is 14.0 Å². The summed E-state index contributed by atoms with van der Waals surface area (Å²) in [5, 5.41) is 21.0. The van der Waals surface area contributed by atoms with E-state index in [2.05, 4.69) is 54.6 Å². The second-order valence-electron chi connectivity index (χ2n) is 12.1. The third-order valence-electron chi connectivity index (χ3n) is 8.78. The van der Waals surface area contributed by atoms with Gasteiger partial charge in [0.2, 0.25) is 0 Å². The fourth-order valence-corrected chi connectivity index (χ4v) is 6.12. The van der Waals surface area contributed by atoms with Gasteiger partial charge in [0, 0.05) is 62.2 Å². The van der Waals surface area contributed by atoms with Crippen molar-refractivity contribution in [3.8, 4) is 33.4 Å². The Morgan fingerprint density at radius 1 is 0.549 bits per heavy atom. The maximum Gasteiger partial charge on any atom is 0.494 e. The van der Waals surface area contributed by atoms with Crippen LogP contribution < -0.4 is 10.9 Å². The van der Waals surface area contributed by atoms with Crippen molar-refractivity contribution in [2.75, 3.05) is 0 Å². The number of rotatable bonds is 7. The molecule has 0 aromatic heterocycles. The normalized spacial score (nSPS) is 20.4. The largest absolute Gasteiger partial charge is 0.494 e. The van der Waals surface area contributed by atoms with Gasteiger partial charge in [-0.1, -0.05) is 151 Å². The van der Waals surface area contributed by atoms with Crippen molar-refractivity contribution in [3.05, 3.63) is 176 Å². The van der Waals surface area contributed by atoms with Gasteiger partial charge in [0.15, 0.2) is 0 Å². The van der Waals surface area contributed by atoms with Crippen molar-refractivity contribution in [3.63, 3.8) is 0 Å². The number of hydrogen-bond acceptors (Lipinski definition) is 5. The summed E-state index contributed by atoms with van der Waals surface area (Å²) < 4.78 is 18.4. The Morgan fingerprint density at radius 3 is 1.49 bits per heavy atom. The molecule has 0 amide bonds. The van der Waals surface area contributed by atoms with Crippen LogP contribution in [-0.4, -0.2) is 55.3 Å². The van der Waals surface area contributed by atoms with Gasteiger partial charge in [-0.3, -0.25) is 6.42 Å². The van der Waals surface area contributed by atoms with Crippen molar-refractivity contribution in [1.82, 2.24) is 0 Å². The number of aliphatic hydroxyl groups excluding tert-OH is 2. The minimum absolute atomic E-state index is 0. The molecule has 0 spiro atoms. The van der Waals surface area contributed by atoms with Crippen LogP contribution in [0.1, 0.15) is 0 Å². The molecule has 1 saturated carbocycles. The first-order valence-corrected chi connectivity index (χ1v) is 16.5. The van der Waals surface area contributed by atoms with E-state index in [9.17, 15) is 10.2 Å². The molecular formula is C42H35B2O5U2-2. The predicted molar refractivity (Wildman–Crippen MR) is 196 cm³/mol. The van der Waals surface area contributed by atoms with E-state index in [1.807, 2.05) is 115 Å².